The summed E-state index contributed by atoms with van der Waals surface area (Å²) in [6, 6.07) is 7.71. The summed E-state index contributed by atoms with van der Waals surface area (Å²) in [4.78, 5) is 14.1. The third-order valence-corrected chi connectivity index (χ3v) is 3.77. The third-order valence-electron chi connectivity index (χ3n) is 3.77. The van der Waals surface area contributed by atoms with Crippen LogP contribution >= 0.6 is 0 Å². The predicted octanol–water partition coefficient (Wildman–Crippen LogP) is 1.80. The molecular weight excluding hydrogens is 268 g/mol. The minimum atomic E-state index is -1.04. The van der Waals surface area contributed by atoms with Crippen LogP contribution < -0.4 is 15.4 Å². The Morgan fingerprint density at radius 1 is 1.43 bits per heavy atom. The van der Waals surface area contributed by atoms with E-state index in [-0.39, 0.29) is 18.5 Å². The molecule has 0 bridgehead atoms. The number of ether oxygens (including phenoxy) is 2. The molecule has 0 spiro atoms. The predicted molar refractivity (Wildman–Crippen MR) is 82.5 cm³/mol. The minimum absolute atomic E-state index is 0.146. The highest BCUT2D eigenvalue weighted by molar-refractivity contribution is 5.81. The first-order valence-corrected chi connectivity index (χ1v) is 7.33. The smallest absolute Gasteiger partial charge is 0.329 e. The standard InChI is InChI=1S/C16H24N2O3/c1-4-20-15(19)16(17,12-8-9-12)11-21-14-7-5-6-13(10-14)18(2)3/h5-7,10,12H,4,8-9,11,17H2,1-3H3. The molecule has 0 radical (unpaired) electrons. The van der Waals surface area contributed by atoms with Crippen molar-refractivity contribution in [3.05, 3.63) is 24.3 Å². The molecular formula is C16H24N2O3. The highest BCUT2D eigenvalue weighted by Crippen LogP contribution is 2.39. The first kappa shape index (κ1) is 15.6. The zero-order chi connectivity index (χ0) is 15.5. The van der Waals surface area contributed by atoms with E-state index in [0.717, 1.165) is 18.5 Å². The second kappa shape index (κ2) is 6.35. The number of carbonyl (C=O) groups is 1. The number of anilines is 1. The first-order valence-electron chi connectivity index (χ1n) is 7.33. The minimum Gasteiger partial charge on any atom is -0.491 e. The van der Waals surface area contributed by atoms with E-state index in [4.69, 9.17) is 15.2 Å². The number of carbonyl (C=O) groups excluding carboxylic acids is 1. The monoisotopic (exact) mass is 292 g/mol. The molecule has 1 fully saturated rings. The van der Waals surface area contributed by atoms with Gasteiger partial charge in [0.25, 0.3) is 0 Å². The van der Waals surface area contributed by atoms with Gasteiger partial charge in [-0.2, -0.15) is 0 Å². The van der Waals surface area contributed by atoms with Crippen molar-refractivity contribution in [3.63, 3.8) is 0 Å². The van der Waals surface area contributed by atoms with Gasteiger partial charge in [0, 0.05) is 25.8 Å². The quantitative estimate of drug-likeness (QED) is 0.776. The number of hydrogen-bond donors (Lipinski definition) is 1. The SMILES string of the molecule is CCOC(=O)C(N)(COc1cccc(N(C)C)c1)C1CC1. The van der Waals surface area contributed by atoms with E-state index >= 15 is 0 Å². The lowest BCUT2D eigenvalue weighted by molar-refractivity contribution is -0.151. The number of esters is 1. The van der Waals surface area contributed by atoms with E-state index in [1.807, 2.05) is 43.3 Å². The van der Waals surface area contributed by atoms with Gasteiger partial charge in [-0.15, -0.1) is 0 Å². The van der Waals surface area contributed by atoms with Gasteiger partial charge in [-0.1, -0.05) is 6.07 Å². The fourth-order valence-corrected chi connectivity index (χ4v) is 2.26. The lowest BCUT2D eigenvalue weighted by Gasteiger charge is -2.27. The zero-order valence-corrected chi connectivity index (χ0v) is 13.0. The van der Waals surface area contributed by atoms with Gasteiger partial charge in [-0.3, -0.25) is 0 Å². The molecule has 2 N–H and O–H groups in total. The second-order valence-electron chi connectivity index (χ2n) is 5.72. The van der Waals surface area contributed by atoms with Crippen molar-refractivity contribution in [2.45, 2.75) is 25.3 Å². The first-order chi connectivity index (χ1) is 9.97. The van der Waals surface area contributed by atoms with E-state index in [1.54, 1.807) is 6.92 Å². The van der Waals surface area contributed by atoms with Crippen molar-refractivity contribution in [2.75, 3.05) is 32.2 Å². The summed E-state index contributed by atoms with van der Waals surface area (Å²) in [5.41, 5.74) is 6.27. The summed E-state index contributed by atoms with van der Waals surface area (Å²) >= 11 is 0. The van der Waals surface area contributed by atoms with Crippen molar-refractivity contribution < 1.29 is 14.3 Å². The van der Waals surface area contributed by atoms with Crippen molar-refractivity contribution in [1.82, 2.24) is 0 Å². The molecule has 21 heavy (non-hydrogen) atoms. The molecule has 1 saturated carbocycles. The molecule has 1 atom stereocenters. The number of rotatable bonds is 7. The van der Waals surface area contributed by atoms with Gasteiger partial charge in [0.2, 0.25) is 0 Å². The Hall–Kier alpha value is -1.75. The molecule has 1 aromatic rings. The van der Waals surface area contributed by atoms with Gasteiger partial charge in [0.05, 0.1) is 6.61 Å². The van der Waals surface area contributed by atoms with E-state index in [9.17, 15) is 4.79 Å². The fraction of sp³-hybridized carbons (Fsp3) is 0.562. The summed E-state index contributed by atoms with van der Waals surface area (Å²) in [6.45, 7) is 2.26. The van der Waals surface area contributed by atoms with Gasteiger partial charge >= 0.3 is 5.97 Å². The summed E-state index contributed by atoms with van der Waals surface area (Å²) in [5.74, 6) is 0.505. The van der Waals surface area contributed by atoms with E-state index < -0.39 is 5.54 Å². The average molecular weight is 292 g/mol. The summed E-state index contributed by atoms with van der Waals surface area (Å²) in [7, 11) is 3.93. The van der Waals surface area contributed by atoms with Crippen LogP contribution in [0.1, 0.15) is 19.8 Å². The number of hydrogen-bond acceptors (Lipinski definition) is 5. The third kappa shape index (κ3) is 3.67. The summed E-state index contributed by atoms with van der Waals surface area (Å²) in [5, 5.41) is 0. The zero-order valence-electron chi connectivity index (χ0n) is 13.0. The number of nitrogens with two attached hydrogens (primary N) is 1. The normalized spacial score (nSPS) is 17.0. The van der Waals surface area contributed by atoms with Crippen molar-refractivity contribution in [2.24, 2.45) is 11.7 Å². The van der Waals surface area contributed by atoms with Crippen LogP contribution in [0.25, 0.3) is 0 Å². The van der Waals surface area contributed by atoms with Crippen LogP contribution in [-0.2, 0) is 9.53 Å². The molecule has 1 aromatic carbocycles. The Morgan fingerprint density at radius 3 is 2.71 bits per heavy atom. The number of benzene rings is 1. The van der Waals surface area contributed by atoms with Crippen LogP contribution in [0, 0.1) is 5.92 Å². The Balaban J connectivity index is 2.05. The molecule has 5 heteroatoms. The highest BCUT2D eigenvalue weighted by atomic mass is 16.5. The molecule has 0 aromatic heterocycles. The molecule has 1 unspecified atom stereocenters. The Morgan fingerprint density at radius 2 is 2.14 bits per heavy atom. The number of nitrogens with zero attached hydrogens (tertiary/aromatic N) is 1. The maximum absolute atomic E-state index is 12.1. The van der Waals surface area contributed by atoms with Crippen molar-refractivity contribution in [1.29, 1.82) is 0 Å². The highest BCUT2D eigenvalue weighted by Gasteiger charge is 2.50. The molecule has 1 aliphatic rings. The van der Waals surface area contributed by atoms with Gasteiger partial charge in [-0.25, -0.2) is 4.79 Å². The van der Waals surface area contributed by atoms with Crippen LogP contribution in [-0.4, -0.2) is 38.8 Å². The van der Waals surface area contributed by atoms with Crippen molar-refractivity contribution in [3.8, 4) is 5.75 Å². The molecule has 0 heterocycles. The van der Waals surface area contributed by atoms with Crippen LogP contribution in [0.4, 0.5) is 5.69 Å². The molecule has 2 rings (SSSR count). The lowest BCUT2D eigenvalue weighted by Crippen LogP contribution is -2.55. The Kier molecular flexibility index (Phi) is 4.73. The molecule has 5 nitrogen and oxygen atoms in total. The van der Waals surface area contributed by atoms with Crippen LogP contribution in [0.3, 0.4) is 0 Å². The second-order valence-corrected chi connectivity index (χ2v) is 5.72. The Labute approximate surface area is 126 Å². The van der Waals surface area contributed by atoms with Crippen LogP contribution in [0.15, 0.2) is 24.3 Å². The largest absolute Gasteiger partial charge is 0.491 e. The van der Waals surface area contributed by atoms with Crippen LogP contribution in [0.2, 0.25) is 0 Å². The molecule has 0 aliphatic heterocycles. The average Bonchev–Trinajstić information content (AvgIpc) is 3.30. The van der Waals surface area contributed by atoms with Crippen molar-refractivity contribution >= 4 is 11.7 Å². The van der Waals surface area contributed by atoms with Gasteiger partial charge in [0.1, 0.15) is 12.4 Å². The molecule has 1 aliphatic carbocycles. The molecule has 0 saturated heterocycles. The molecule has 0 amide bonds. The van der Waals surface area contributed by atoms with E-state index in [0.29, 0.717) is 12.4 Å². The van der Waals surface area contributed by atoms with E-state index in [1.165, 1.54) is 0 Å². The molecule has 116 valence electrons. The van der Waals surface area contributed by atoms with E-state index in [2.05, 4.69) is 0 Å². The van der Waals surface area contributed by atoms with Gasteiger partial charge < -0.3 is 20.1 Å². The fourth-order valence-electron chi connectivity index (χ4n) is 2.26. The van der Waals surface area contributed by atoms with Gasteiger partial charge in [0.15, 0.2) is 5.54 Å². The van der Waals surface area contributed by atoms with Crippen LogP contribution in [0.5, 0.6) is 5.75 Å². The Bertz CT molecular complexity index is 500. The lowest BCUT2D eigenvalue weighted by atomic mass is 9.96. The summed E-state index contributed by atoms with van der Waals surface area (Å²) < 4.78 is 10.9. The maximum Gasteiger partial charge on any atom is 0.329 e. The maximum atomic E-state index is 12.1. The van der Waals surface area contributed by atoms with Gasteiger partial charge in [-0.05, 0) is 37.8 Å². The topological polar surface area (TPSA) is 64.8 Å². The summed E-state index contributed by atoms with van der Waals surface area (Å²) in [6.07, 6.45) is 1.91.